The Morgan fingerprint density at radius 2 is 1.84 bits per heavy atom. The van der Waals surface area contributed by atoms with Crippen LogP contribution in [0.2, 0.25) is 0 Å². The number of carbonyl (C=O) groups is 1. The standard InChI is InChI=1S/C17H16F3N3O2/c18-17(19,20)11-3-5-12(6-4-11)22-15-8-7-13(10-21-15)23-16(24)14-2-1-9-25-14/h3-8,10,14H,1-2,9H2,(H,21,22)(H,23,24). The van der Waals surface area contributed by atoms with E-state index in [4.69, 9.17) is 4.74 Å². The molecule has 0 radical (unpaired) electrons. The highest BCUT2D eigenvalue weighted by molar-refractivity contribution is 5.94. The summed E-state index contributed by atoms with van der Waals surface area (Å²) in [5.74, 6) is 0.248. The third kappa shape index (κ3) is 4.48. The summed E-state index contributed by atoms with van der Waals surface area (Å²) in [6, 6.07) is 7.95. The zero-order chi connectivity index (χ0) is 17.9. The first kappa shape index (κ1) is 17.2. The molecule has 2 N–H and O–H groups in total. The number of anilines is 3. The first-order chi connectivity index (χ1) is 11.9. The number of alkyl halides is 3. The van der Waals surface area contributed by atoms with Crippen LogP contribution in [0.1, 0.15) is 18.4 Å². The van der Waals surface area contributed by atoms with Crippen molar-refractivity contribution >= 4 is 23.1 Å². The van der Waals surface area contributed by atoms with Crippen molar-refractivity contribution in [1.82, 2.24) is 4.98 Å². The zero-order valence-electron chi connectivity index (χ0n) is 13.1. The Morgan fingerprint density at radius 1 is 1.12 bits per heavy atom. The minimum Gasteiger partial charge on any atom is -0.368 e. The lowest BCUT2D eigenvalue weighted by molar-refractivity contribution is -0.137. The van der Waals surface area contributed by atoms with Crippen molar-refractivity contribution < 1.29 is 22.7 Å². The number of amides is 1. The summed E-state index contributed by atoms with van der Waals surface area (Å²) in [7, 11) is 0. The fourth-order valence-electron chi connectivity index (χ4n) is 2.44. The number of hydrogen-bond acceptors (Lipinski definition) is 4. The number of benzene rings is 1. The van der Waals surface area contributed by atoms with E-state index < -0.39 is 17.8 Å². The smallest absolute Gasteiger partial charge is 0.368 e. The predicted octanol–water partition coefficient (Wildman–Crippen LogP) is 3.96. The summed E-state index contributed by atoms with van der Waals surface area (Å²) in [5.41, 5.74) is 0.299. The van der Waals surface area contributed by atoms with Crippen LogP contribution in [0.3, 0.4) is 0 Å². The maximum atomic E-state index is 12.5. The summed E-state index contributed by atoms with van der Waals surface area (Å²) in [6.07, 6.45) is -1.75. The van der Waals surface area contributed by atoms with Crippen LogP contribution in [0.5, 0.6) is 0 Å². The van der Waals surface area contributed by atoms with Crippen LogP contribution in [0.25, 0.3) is 0 Å². The zero-order valence-corrected chi connectivity index (χ0v) is 13.1. The average molecular weight is 351 g/mol. The van der Waals surface area contributed by atoms with Gasteiger partial charge in [0.1, 0.15) is 11.9 Å². The van der Waals surface area contributed by atoms with E-state index in [2.05, 4.69) is 15.6 Å². The highest BCUT2D eigenvalue weighted by Crippen LogP contribution is 2.30. The molecule has 2 heterocycles. The lowest BCUT2D eigenvalue weighted by atomic mass is 10.2. The van der Waals surface area contributed by atoms with E-state index in [1.165, 1.54) is 18.3 Å². The highest BCUT2D eigenvalue weighted by Gasteiger charge is 2.30. The van der Waals surface area contributed by atoms with E-state index in [0.29, 0.717) is 30.2 Å². The summed E-state index contributed by atoms with van der Waals surface area (Å²) < 4.78 is 42.9. The van der Waals surface area contributed by atoms with Crippen molar-refractivity contribution in [2.75, 3.05) is 17.2 Å². The van der Waals surface area contributed by atoms with Crippen molar-refractivity contribution in [3.63, 3.8) is 0 Å². The van der Waals surface area contributed by atoms with Crippen molar-refractivity contribution in [3.8, 4) is 0 Å². The molecule has 1 amide bonds. The SMILES string of the molecule is O=C(Nc1ccc(Nc2ccc(C(F)(F)F)cc2)nc1)C1CCCO1. The van der Waals surface area contributed by atoms with Gasteiger partial charge in [0.05, 0.1) is 17.4 Å². The molecule has 1 aliphatic heterocycles. The number of nitrogens with zero attached hydrogens (tertiary/aromatic N) is 1. The van der Waals surface area contributed by atoms with E-state index in [1.807, 2.05) is 0 Å². The number of pyridine rings is 1. The number of halogens is 3. The number of carbonyl (C=O) groups excluding carboxylic acids is 1. The molecule has 25 heavy (non-hydrogen) atoms. The molecule has 1 fully saturated rings. The maximum absolute atomic E-state index is 12.5. The van der Waals surface area contributed by atoms with Crippen molar-refractivity contribution in [2.24, 2.45) is 0 Å². The Bertz CT molecular complexity index is 724. The molecule has 1 aliphatic rings. The molecular weight excluding hydrogens is 335 g/mol. The Kier molecular flexibility index (Phi) is 4.89. The summed E-state index contributed by atoms with van der Waals surface area (Å²) in [4.78, 5) is 16.1. The number of rotatable bonds is 4. The minimum atomic E-state index is -4.36. The van der Waals surface area contributed by atoms with Gasteiger partial charge in [0, 0.05) is 12.3 Å². The van der Waals surface area contributed by atoms with Crippen LogP contribution in [0.15, 0.2) is 42.6 Å². The van der Waals surface area contributed by atoms with Gasteiger partial charge in [-0.1, -0.05) is 0 Å². The quantitative estimate of drug-likeness (QED) is 0.875. The van der Waals surface area contributed by atoms with Crippen LogP contribution in [-0.4, -0.2) is 23.6 Å². The van der Waals surface area contributed by atoms with Crippen LogP contribution in [0, 0.1) is 0 Å². The monoisotopic (exact) mass is 351 g/mol. The Morgan fingerprint density at radius 3 is 2.40 bits per heavy atom. The van der Waals surface area contributed by atoms with Crippen LogP contribution in [0.4, 0.5) is 30.4 Å². The van der Waals surface area contributed by atoms with Gasteiger partial charge in [-0.3, -0.25) is 4.79 Å². The third-order valence-corrected chi connectivity index (χ3v) is 3.74. The molecule has 1 saturated heterocycles. The second-order valence-corrected chi connectivity index (χ2v) is 5.62. The molecule has 8 heteroatoms. The molecule has 0 saturated carbocycles. The Labute approximate surface area is 142 Å². The van der Waals surface area contributed by atoms with E-state index in [-0.39, 0.29) is 5.91 Å². The molecule has 0 spiro atoms. The first-order valence-corrected chi connectivity index (χ1v) is 7.74. The largest absolute Gasteiger partial charge is 0.416 e. The van der Waals surface area contributed by atoms with Crippen LogP contribution in [-0.2, 0) is 15.7 Å². The Hall–Kier alpha value is -2.61. The lowest BCUT2D eigenvalue weighted by Gasteiger charge is -2.11. The van der Waals surface area contributed by atoms with E-state index in [1.54, 1.807) is 12.1 Å². The molecule has 1 atom stereocenters. The van der Waals surface area contributed by atoms with E-state index in [0.717, 1.165) is 18.6 Å². The van der Waals surface area contributed by atoms with Gasteiger partial charge >= 0.3 is 6.18 Å². The number of nitrogens with one attached hydrogen (secondary N) is 2. The molecule has 1 aromatic carbocycles. The average Bonchev–Trinajstić information content (AvgIpc) is 3.11. The summed E-state index contributed by atoms with van der Waals surface area (Å²) in [6.45, 7) is 0.590. The number of ether oxygens (including phenoxy) is 1. The van der Waals surface area contributed by atoms with Gasteiger partial charge in [-0.15, -0.1) is 0 Å². The maximum Gasteiger partial charge on any atom is 0.416 e. The van der Waals surface area contributed by atoms with Crippen LogP contribution < -0.4 is 10.6 Å². The first-order valence-electron chi connectivity index (χ1n) is 7.74. The van der Waals surface area contributed by atoms with Gasteiger partial charge in [-0.05, 0) is 49.2 Å². The predicted molar refractivity (Wildman–Crippen MR) is 86.6 cm³/mol. The van der Waals surface area contributed by atoms with Gasteiger partial charge in [0.2, 0.25) is 0 Å². The second-order valence-electron chi connectivity index (χ2n) is 5.62. The molecule has 132 valence electrons. The molecule has 2 aromatic rings. The van der Waals surface area contributed by atoms with Crippen molar-refractivity contribution in [2.45, 2.75) is 25.1 Å². The second kappa shape index (κ2) is 7.10. The topological polar surface area (TPSA) is 63.2 Å². The number of hydrogen-bond donors (Lipinski definition) is 2. The van der Waals surface area contributed by atoms with Gasteiger partial charge in [0.15, 0.2) is 0 Å². The third-order valence-electron chi connectivity index (χ3n) is 3.74. The van der Waals surface area contributed by atoms with Gasteiger partial charge in [-0.2, -0.15) is 13.2 Å². The molecule has 0 bridgehead atoms. The van der Waals surface area contributed by atoms with Gasteiger partial charge < -0.3 is 15.4 Å². The molecular formula is C17H16F3N3O2. The molecule has 1 aromatic heterocycles. The molecule has 1 unspecified atom stereocenters. The van der Waals surface area contributed by atoms with Crippen molar-refractivity contribution in [1.29, 1.82) is 0 Å². The Balaban J connectivity index is 1.59. The molecule has 5 nitrogen and oxygen atoms in total. The van der Waals surface area contributed by atoms with E-state index in [9.17, 15) is 18.0 Å². The fraction of sp³-hybridized carbons (Fsp3) is 0.294. The van der Waals surface area contributed by atoms with Crippen molar-refractivity contribution in [3.05, 3.63) is 48.2 Å². The fourth-order valence-corrected chi connectivity index (χ4v) is 2.44. The molecule has 3 rings (SSSR count). The van der Waals surface area contributed by atoms with Gasteiger partial charge in [0.25, 0.3) is 5.91 Å². The molecule has 0 aliphatic carbocycles. The number of aromatic nitrogens is 1. The normalized spacial score (nSPS) is 17.3. The van der Waals surface area contributed by atoms with Crippen LogP contribution >= 0.6 is 0 Å². The van der Waals surface area contributed by atoms with Gasteiger partial charge in [-0.25, -0.2) is 4.98 Å². The minimum absolute atomic E-state index is 0.206. The lowest BCUT2D eigenvalue weighted by Crippen LogP contribution is -2.26. The highest BCUT2D eigenvalue weighted by atomic mass is 19.4. The summed E-state index contributed by atoms with van der Waals surface area (Å²) in [5, 5.41) is 5.62. The summed E-state index contributed by atoms with van der Waals surface area (Å²) >= 11 is 0. The van der Waals surface area contributed by atoms with E-state index >= 15 is 0 Å².